The monoisotopic (exact) mass is 180 g/mol. The molecule has 12 heavy (non-hydrogen) atoms. The van der Waals surface area contributed by atoms with E-state index < -0.39 is 12.6 Å². The quantitative estimate of drug-likeness (QED) is 0.732. The van der Waals surface area contributed by atoms with Crippen LogP contribution in [-0.2, 0) is 6.54 Å². The number of nitrogens with two attached hydrogens (primary N) is 1. The molecule has 0 saturated carbocycles. The molecular formula is C5H7F3N4. The number of rotatable bonds is 2. The molecule has 0 aromatic carbocycles. The van der Waals surface area contributed by atoms with E-state index in [1.54, 1.807) is 0 Å². The molecule has 2 N–H and O–H groups in total. The van der Waals surface area contributed by atoms with Gasteiger partial charge in [-0.15, -0.1) is 5.10 Å². The van der Waals surface area contributed by atoms with Crippen LogP contribution in [0.5, 0.6) is 0 Å². The lowest BCUT2D eigenvalue weighted by Crippen LogP contribution is -2.12. The molecule has 1 heterocycles. The van der Waals surface area contributed by atoms with Gasteiger partial charge in [-0.1, -0.05) is 5.21 Å². The summed E-state index contributed by atoms with van der Waals surface area (Å²) in [5.41, 5.74) is 5.14. The van der Waals surface area contributed by atoms with Crippen LogP contribution in [0.15, 0.2) is 6.20 Å². The molecule has 0 radical (unpaired) electrons. The van der Waals surface area contributed by atoms with E-state index in [9.17, 15) is 13.2 Å². The zero-order chi connectivity index (χ0) is 9.19. The molecule has 1 rings (SSSR count). The first-order valence-electron chi connectivity index (χ1n) is 3.20. The number of alkyl halides is 3. The lowest BCUT2D eigenvalue weighted by Gasteiger charge is -2.04. The topological polar surface area (TPSA) is 56.7 Å². The highest BCUT2D eigenvalue weighted by atomic mass is 19.4. The lowest BCUT2D eigenvalue weighted by molar-refractivity contribution is -0.137. The van der Waals surface area contributed by atoms with Gasteiger partial charge in [-0.2, -0.15) is 13.2 Å². The third-order valence-electron chi connectivity index (χ3n) is 1.18. The van der Waals surface area contributed by atoms with Gasteiger partial charge in [-0.3, -0.25) is 4.68 Å². The van der Waals surface area contributed by atoms with Gasteiger partial charge >= 0.3 is 6.18 Å². The number of hydrogen-bond donors (Lipinski definition) is 1. The molecule has 0 saturated heterocycles. The van der Waals surface area contributed by atoms with Crippen LogP contribution in [0.2, 0.25) is 0 Å². The number of anilines is 1. The number of aryl methyl sites for hydroxylation is 1. The Hall–Kier alpha value is -1.27. The standard InChI is InChI=1S/C5H7F3N4/c6-5(7,8)1-2-12-3-4(9)10-11-12/h3H,1-2,9H2. The van der Waals surface area contributed by atoms with Gasteiger partial charge in [0.1, 0.15) is 0 Å². The number of nitrogens with zero attached hydrogens (tertiary/aromatic N) is 3. The first-order valence-corrected chi connectivity index (χ1v) is 3.20. The van der Waals surface area contributed by atoms with Gasteiger partial charge in [0.15, 0.2) is 5.82 Å². The van der Waals surface area contributed by atoms with Crippen molar-refractivity contribution in [2.24, 2.45) is 0 Å². The van der Waals surface area contributed by atoms with Crippen molar-refractivity contribution in [2.45, 2.75) is 19.1 Å². The van der Waals surface area contributed by atoms with E-state index in [2.05, 4.69) is 10.3 Å². The first kappa shape index (κ1) is 8.82. The third-order valence-corrected chi connectivity index (χ3v) is 1.18. The number of aromatic nitrogens is 3. The highest BCUT2D eigenvalue weighted by Crippen LogP contribution is 2.19. The van der Waals surface area contributed by atoms with E-state index in [1.807, 2.05) is 0 Å². The molecular weight excluding hydrogens is 173 g/mol. The second kappa shape index (κ2) is 3.00. The largest absolute Gasteiger partial charge is 0.390 e. The van der Waals surface area contributed by atoms with Crippen molar-refractivity contribution in [1.29, 1.82) is 0 Å². The molecule has 68 valence electrons. The molecule has 0 atom stereocenters. The minimum atomic E-state index is -4.17. The van der Waals surface area contributed by atoms with Crippen molar-refractivity contribution in [1.82, 2.24) is 15.0 Å². The SMILES string of the molecule is Nc1cn(CCC(F)(F)F)nn1. The van der Waals surface area contributed by atoms with Crippen molar-refractivity contribution in [3.8, 4) is 0 Å². The van der Waals surface area contributed by atoms with Crippen molar-refractivity contribution in [2.75, 3.05) is 5.73 Å². The molecule has 0 amide bonds. The minimum Gasteiger partial charge on any atom is -0.381 e. The third kappa shape index (κ3) is 2.77. The number of nitrogen functional groups attached to an aromatic ring is 1. The Labute approximate surface area is 66.2 Å². The van der Waals surface area contributed by atoms with Gasteiger partial charge in [-0.25, -0.2) is 0 Å². The Bertz CT molecular complexity index is 253. The fourth-order valence-corrected chi connectivity index (χ4v) is 0.664. The lowest BCUT2D eigenvalue weighted by atomic mass is 10.4. The van der Waals surface area contributed by atoms with Gasteiger partial charge in [0, 0.05) is 0 Å². The highest BCUT2D eigenvalue weighted by molar-refractivity contribution is 5.19. The molecule has 7 heteroatoms. The van der Waals surface area contributed by atoms with Crippen LogP contribution in [0.3, 0.4) is 0 Å². The van der Waals surface area contributed by atoms with E-state index in [4.69, 9.17) is 5.73 Å². The molecule has 0 spiro atoms. The molecule has 1 aromatic heterocycles. The van der Waals surface area contributed by atoms with Gasteiger partial charge in [0.25, 0.3) is 0 Å². The predicted molar refractivity (Wildman–Crippen MR) is 35.1 cm³/mol. The first-order chi connectivity index (χ1) is 5.47. The summed E-state index contributed by atoms with van der Waals surface area (Å²) in [5, 5.41) is 6.70. The van der Waals surface area contributed by atoms with Crippen molar-refractivity contribution < 1.29 is 13.2 Å². The van der Waals surface area contributed by atoms with Crippen molar-refractivity contribution >= 4 is 5.82 Å². The van der Waals surface area contributed by atoms with E-state index in [-0.39, 0.29) is 12.4 Å². The van der Waals surface area contributed by atoms with Crippen LogP contribution in [-0.4, -0.2) is 21.2 Å². The molecule has 0 aliphatic carbocycles. The number of halogens is 3. The Morgan fingerprint density at radius 1 is 1.50 bits per heavy atom. The van der Waals surface area contributed by atoms with Gasteiger partial charge in [0.05, 0.1) is 19.2 Å². The summed E-state index contributed by atoms with van der Waals surface area (Å²) < 4.78 is 36.0. The summed E-state index contributed by atoms with van der Waals surface area (Å²) >= 11 is 0. The van der Waals surface area contributed by atoms with Crippen LogP contribution >= 0.6 is 0 Å². The predicted octanol–water partition coefficient (Wildman–Crippen LogP) is 0.813. The molecule has 0 aliphatic rings. The normalized spacial score (nSPS) is 11.9. The Kier molecular flexibility index (Phi) is 2.20. The zero-order valence-electron chi connectivity index (χ0n) is 6.04. The van der Waals surface area contributed by atoms with Crippen LogP contribution in [0.4, 0.5) is 19.0 Å². The maximum Gasteiger partial charge on any atom is 0.390 e. The van der Waals surface area contributed by atoms with Gasteiger partial charge in [-0.05, 0) is 0 Å². The zero-order valence-corrected chi connectivity index (χ0v) is 6.04. The van der Waals surface area contributed by atoms with Crippen LogP contribution in [0.1, 0.15) is 6.42 Å². The second-order valence-corrected chi connectivity index (χ2v) is 2.27. The average Bonchev–Trinajstić information content (AvgIpc) is 2.30. The van der Waals surface area contributed by atoms with E-state index in [0.29, 0.717) is 0 Å². The summed E-state index contributed by atoms with van der Waals surface area (Å²) in [6, 6.07) is 0. The summed E-state index contributed by atoms with van der Waals surface area (Å²) in [4.78, 5) is 0. The molecule has 1 aromatic rings. The van der Waals surface area contributed by atoms with Crippen LogP contribution in [0, 0.1) is 0 Å². The maximum atomic E-state index is 11.7. The highest BCUT2D eigenvalue weighted by Gasteiger charge is 2.26. The summed E-state index contributed by atoms with van der Waals surface area (Å²) in [6.45, 7) is -0.242. The Morgan fingerprint density at radius 3 is 2.58 bits per heavy atom. The van der Waals surface area contributed by atoms with E-state index in [0.717, 1.165) is 4.68 Å². The Morgan fingerprint density at radius 2 is 2.17 bits per heavy atom. The molecule has 4 nitrogen and oxygen atoms in total. The second-order valence-electron chi connectivity index (χ2n) is 2.27. The van der Waals surface area contributed by atoms with E-state index >= 15 is 0 Å². The number of hydrogen-bond acceptors (Lipinski definition) is 3. The fraction of sp³-hybridized carbons (Fsp3) is 0.600. The van der Waals surface area contributed by atoms with Crippen LogP contribution in [0.25, 0.3) is 0 Å². The smallest absolute Gasteiger partial charge is 0.381 e. The van der Waals surface area contributed by atoms with Gasteiger partial charge < -0.3 is 5.73 Å². The van der Waals surface area contributed by atoms with Crippen molar-refractivity contribution in [3.63, 3.8) is 0 Å². The summed E-state index contributed by atoms with van der Waals surface area (Å²) in [6.07, 6.45) is -3.83. The maximum absolute atomic E-state index is 11.7. The fourth-order valence-electron chi connectivity index (χ4n) is 0.664. The molecule has 0 unspecified atom stereocenters. The molecule has 0 bridgehead atoms. The Balaban J connectivity index is 2.44. The molecule has 0 aliphatic heterocycles. The minimum absolute atomic E-state index is 0.122. The summed E-state index contributed by atoms with van der Waals surface area (Å²) in [5.74, 6) is 0.122. The van der Waals surface area contributed by atoms with E-state index in [1.165, 1.54) is 6.20 Å². The van der Waals surface area contributed by atoms with Crippen LogP contribution < -0.4 is 5.73 Å². The summed E-state index contributed by atoms with van der Waals surface area (Å²) in [7, 11) is 0. The molecule has 0 fully saturated rings. The average molecular weight is 180 g/mol. The van der Waals surface area contributed by atoms with Gasteiger partial charge in [0.2, 0.25) is 0 Å². The van der Waals surface area contributed by atoms with Crippen molar-refractivity contribution in [3.05, 3.63) is 6.20 Å².